The molecule has 1 amide bonds. The van der Waals surface area contributed by atoms with Crippen molar-refractivity contribution >= 4 is 33.1 Å². The molecule has 0 aliphatic rings. The fourth-order valence-corrected chi connectivity index (χ4v) is 2.31. The van der Waals surface area contributed by atoms with E-state index in [-0.39, 0.29) is 11.3 Å². The Morgan fingerprint density at radius 1 is 0.920 bits per heavy atom. The van der Waals surface area contributed by atoms with Crippen molar-refractivity contribution < 1.29 is 27.6 Å². The summed E-state index contributed by atoms with van der Waals surface area (Å²) in [6, 6.07) is 6.63. The lowest BCUT2D eigenvalue weighted by Crippen LogP contribution is -2.13. The smallest absolute Gasteiger partial charge is 0.277 e. The minimum absolute atomic E-state index is 0.0894. The van der Waals surface area contributed by atoms with Crippen LogP contribution < -0.4 is 5.32 Å². The molecule has 1 N–H and O–H groups in total. The number of benzene rings is 2. The second-order valence-corrected chi connectivity index (χ2v) is 6.06. The predicted molar refractivity (Wildman–Crippen MR) is 82.1 cm³/mol. The van der Waals surface area contributed by atoms with E-state index in [9.17, 15) is 38.0 Å². The molecule has 0 atom stereocenters. The molecule has 0 aliphatic carbocycles. The van der Waals surface area contributed by atoms with Crippen molar-refractivity contribution in [1.29, 1.82) is 0 Å². The molecule has 0 saturated carbocycles. The highest BCUT2D eigenvalue weighted by molar-refractivity contribution is 7.85. The molecule has 0 heterocycles. The maximum atomic E-state index is 12.1. The van der Waals surface area contributed by atoms with Gasteiger partial charge in [-0.1, -0.05) is 0 Å². The van der Waals surface area contributed by atoms with Gasteiger partial charge in [0.1, 0.15) is 10.1 Å². The van der Waals surface area contributed by atoms with Gasteiger partial charge < -0.3 is 9.87 Å². The van der Waals surface area contributed by atoms with Gasteiger partial charge in [-0.2, -0.15) is 0 Å². The molecule has 0 bridgehead atoms. The molecule has 2 rings (SSSR count). The quantitative estimate of drug-likeness (QED) is 0.472. The fourth-order valence-electron chi connectivity index (χ4n) is 1.85. The van der Waals surface area contributed by atoms with Gasteiger partial charge in [0, 0.05) is 17.8 Å². The molecule has 130 valence electrons. The van der Waals surface area contributed by atoms with E-state index in [0.29, 0.717) is 6.07 Å². The number of carbonyl (C=O) groups is 1. The number of nitro groups is 2. The summed E-state index contributed by atoms with van der Waals surface area (Å²) < 4.78 is 32.5. The molecule has 2 aromatic rings. The average molecular weight is 366 g/mol. The molecule has 0 aliphatic heterocycles. The van der Waals surface area contributed by atoms with Crippen molar-refractivity contribution in [2.75, 3.05) is 5.32 Å². The van der Waals surface area contributed by atoms with Gasteiger partial charge in [0.25, 0.3) is 17.3 Å². The maximum Gasteiger partial charge on any atom is 0.277 e. The first-order valence-corrected chi connectivity index (χ1v) is 7.80. The number of amides is 1. The van der Waals surface area contributed by atoms with Crippen LogP contribution >= 0.6 is 0 Å². The first-order valence-electron chi connectivity index (χ1n) is 6.39. The third-order valence-corrected chi connectivity index (χ3v) is 3.84. The number of nitro benzene ring substituents is 2. The second kappa shape index (κ2) is 6.62. The largest absolute Gasteiger partial charge is 0.744 e. The Kier molecular flexibility index (Phi) is 4.76. The minimum atomic E-state index is -4.64. The molecule has 12 heteroatoms. The van der Waals surface area contributed by atoms with Gasteiger partial charge in [-0.3, -0.25) is 25.0 Å². The Balaban J connectivity index is 2.31. The van der Waals surface area contributed by atoms with E-state index in [0.717, 1.165) is 36.4 Å². The minimum Gasteiger partial charge on any atom is -0.744 e. The van der Waals surface area contributed by atoms with E-state index < -0.39 is 42.1 Å². The van der Waals surface area contributed by atoms with Gasteiger partial charge in [-0.25, -0.2) is 8.42 Å². The number of anilines is 1. The first-order chi connectivity index (χ1) is 11.6. The van der Waals surface area contributed by atoms with Crippen molar-refractivity contribution in [1.82, 2.24) is 0 Å². The van der Waals surface area contributed by atoms with Crippen molar-refractivity contribution in [3.63, 3.8) is 0 Å². The zero-order valence-electron chi connectivity index (χ0n) is 12.1. The number of hydrogen-bond donors (Lipinski definition) is 1. The summed E-state index contributed by atoms with van der Waals surface area (Å²) >= 11 is 0. The van der Waals surface area contributed by atoms with E-state index >= 15 is 0 Å². The molecule has 25 heavy (non-hydrogen) atoms. The summed E-state index contributed by atoms with van der Waals surface area (Å²) in [6.07, 6.45) is 0. The molecule has 11 nitrogen and oxygen atoms in total. The van der Waals surface area contributed by atoms with Crippen LogP contribution in [0.5, 0.6) is 0 Å². The Hall–Kier alpha value is -3.38. The summed E-state index contributed by atoms with van der Waals surface area (Å²) in [5.41, 5.74) is -1.51. The van der Waals surface area contributed by atoms with Gasteiger partial charge in [0.15, 0.2) is 0 Å². The molecule has 0 spiro atoms. The van der Waals surface area contributed by atoms with Gasteiger partial charge in [-0.15, -0.1) is 0 Å². The van der Waals surface area contributed by atoms with Crippen molar-refractivity contribution in [3.8, 4) is 0 Å². The monoisotopic (exact) mass is 366 g/mol. The van der Waals surface area contributed by atoms with Crippen molar-refractivity contribution in [3.05, 3.63) is 68.3 Å². The Morgan fingerprint density at radius 3 is 1.80 bits per heavy atom. The van der Waals surface area contributed by atoms with Crippen LogP contribution in [0.1, 0.15) is 10.4 Å². The summed E-state index contributed by atoms with van der Waals surface area (Å²) in [4.78, 5) is 31.5. The molecule has 0 fully saturated rings. The van der Waals surface area contributed by atoms with Crippen LogP contribution in [0.4, 0.5) is 17.1 Å². The number of non-ortho nitro benzene ring substituents is 2. The van der Waals surface area contributed by atoms with Crippen molar-refractivity contribution in [2.24, 2.45) is 0 Å². The fraction of sp³-hybridized carbons (Fsp3) is 0. The van der Waals surface area contributed by atoms with Crippen LogP contribution in [0.3, 0.4) is 0 Å². The number of carbonyl (C=O) groups excluding carboxylic acids is 1. The lowest BCUT2D eigenvalue weighted by atomic mass is 10.1. The molecule has 0 saturated heterocycles. The lowest BCUT2D eigenvalue weighted by molar-refractivity contribution is -0.394. The second-order valence-electron chi connectivity index (χ2n) is 4.68. The highest BCUT2D eigenvalue weighted by Gasteiger charge is 2.20. The van der Waals surface area contributed by atoms with Gasteiger partial charge in [0.05, 0.1) is 26.4 Å². The summed E-state index contributed by atoms with van der Waals surface area (Å²) in [5.74, 6) is -0.885. The van der Waals surface area contributed by atoms with Crippen LogP contribution in [-0.2, 0) is 10.1 Å². The standard InChI is InChI=1S/C13H9N3O8S/c17-13(14-9-1-3-12(4-2-9)25(22,23)24)8-5-10(15(18)19)7-11(6-8)16(20)21/h1-7H,(H,14,17)(H,22,23,24)/p-1. The van der Waals surface area contributed by atoms with Crippen LogP contribution in [-0.4, -0.2) is 28.7 Å². The van der Waals surface area contributed by atoms with E-state index in [1.54, 1.807) is 0 Å². The molecule has 0 aromatic heterocycles. The van der Waals surface area contributed by atoms with Crippen molar-refractivity contribution in [2.45, 2.75) is 4.90 Å². The SMILES string of the molecule is O=C(Nc1ccc(S(=O)(=O)[O-])cc1)c1cc([N+](=O)[O-])cc([N+](=O)[O-])c1. The zero-order chi connectivity index (χ0) is 18.8. The molecular weight excluding hydrogens is 358 g/mol. The normalized spacial score (nSPS) is 10.9. The van der Waals surface area contributed by atoms with Crippen LogP contribution in [0.2, 0.25) is 0 Å². The van der Waals surface area contributed by atoms with Crippen LogP contribution in [0.25, 0.3) is 0 Å². The maximum absolute atomic E-state index is 12.1. The van der Waals surface area contributed by atoms with E-state index in [4.69, 9.17) is 0 Å². The van der Waals surface area contributed by atoms with E-state index in [1.807, 2.05) is 0 Å². The third-order valence-electron chi connectivity index (χ3n) is 2.99. The topological polar surface area (TPSA) is 173 Å². The molecule has 0 unspecified atom stereocenters. The third kappa shape index (κ3) is 4.33. The highest BCUT2D eigenvalue weighted by Crippen LogP contribution is 2.23. The Labute approximate surface area is 139 Å². The lowest BCUT2D eigenvalue weighted by Gasteiger charge is -2.09. The van der Waals surface area contributed by atoms with Gasteiger partial charge in [0.2, 0.25) is 0 Å². The summed E-state index contributed by atoms with van der Waals surface area (Å²) in [7, 11) is -4.64. The average Bonchev–Trinajstić information content (AvgIpc) is 2.53. The number of nitrogens with zero attached hydrogens (tertiary/aromatic N) is 2. The highest BCUT2D eigenvalue weighted by atomic mass is 32.2. The van der Waals surface area contributed by atoms with E-state index in [1.165, 1.54) is 0 Å². The molecule has 2 aromatic carbocycles. The predicted octanol–water partition coefficient (Wildman–Crippen LogP) is 1.66. The molecular formula is C13H8N3O8S-. The van der Waals surface area contributed by atoms with Crippen LogP contribution in [0, 0.1) is 20.2 Å². The number of nitrogens with one attached hydrogen (secondary N) is 1. The van der Waals surface area contributed by atoms with Gasteiger partial charge in [-0.05, 0) is 24.3 Å². The molecule has 0 radical (unpaired) electrons. The van der Waals surface area contributed by atoms with E-state index in [2.05, 4.69) is 5.32 Å². The van der Waals surface area contributed by atoms with Gasteiger partial charge >= 0.3 is 0 Å². The zero-order valence-corrected chi connectivity index (χ0v) is 12.9. The summed E-state index contributed by atoms with van der Waals surface area (Å²) in [5, 5.41) is 23.9. The van der Waals surface area contributed by atoms with Crippen LogP contribution in [0.15, 0.2) is 47.4 Å². The first kappa shape index (κ1) is 18.0. The number of rotatable bonds is 5. The summed E-state index contributed by atoms with van der Waals surface area (Å²) in [6.45, 7) is 0. The number of hydrogen-bond acceptors (Lipinski definition) is 8. The Morgan fingerprint density at radius 2 is 1.40 bits per heavy atom. The Bertz CT molecular complexity index is 937.